The molecule has 1 heterocycles. The van der Waals surface area contributed by atoms with E-state index in [-0.39, 0.29) is 5.15 Å². The summed E-state index contributed by atoms with van der Waals surface area (Å²) >= 11 is 5.40. The van der Waals surface area contributed by atoms with Crippen molar-refractivity contribution in [2.75, 3.05) is 7.11 Å². The molecule has 8 heteroatoms. The van der Waals surface area contributed by atoms with Gasteiger partial charge in [-0.3, -0.25) is 10.1 Å². The third-order valence-corrected chi connectivity index (χ3v) is 1.76. The maximum Gasteiger partial charge on any atom is 0.339 e. The van der Waals surface area contributed by atoms with E-state index < -0.39 is 28.5 Å². The Morgan fingerprint density at radius 2 is 2.27 bits per heavy atom. The van der Waals surface area contributed by atoms with Crippen LogP contribution in [-0.2, 0) is 0 Å². The minimum atomic E-state index is -3.01. The first kappa shape index (κ1) is 11.6. The van der Waals surface area contributed by atoms with Crippen LogP contribution in [0, 0.1) is 10.1 Å². The number of halogens is 3. The van der Waals surface area contributed by atoms with Crippen LogP contribution < -0.4 is 4.74 Å². The number of hydrogen-bond acceptors (Lipinski definition) is 4. The van der Waals surface area contributed by atoms with Crippen molar-refractivity contribution in [2.24, 2.45) is 0 Å². The van der Waals surface area contributed by atoms with Crippen LogP contribution in [0.5, 0.6) is 5.88 Å². The van der Waals surface area contributed by atoms with Crippen LogP contribution in [0.3, 0.4) is 0 Å². The van der Waals surface area contributed by atoms with Crippen LogP contribution in [0.25, 0.3) is 0 Å². The van der Waals surface area contributed by atoms with Gasteiger partial charge in [-0.1, -0.05) is 11.6 Å². The molecule has 0 fully saturated rings. The zero-order valence-corrected chi connectivity index (χ0v) is 8.16. The van der Waals surface area contributed by atoms with Crippen molar-refractivity contribution in [1.82, 2.24) is 4.98 Å². The SMILES string of the molecule is COc1nc(Cl)cc(C(F)F)c1[N+](=O)[O-]. The molecule has 0 aliphatic heterocycles. The summed E-state index contributed by atoms with van der Waals surface area (Å²) in [6.07, 6.45) is -3.01. The van der Waals surface area contributed by atoms with E-state index in [0.717, 1.165) is 13.2 Å². The average Bonchev–Trinajstić information content (AvgIpc) is 2.15. The van der Waals surface area contributed by atoms with E-state index in [2.05, 4.69) is 9.72 Å². The molecular formula is C7H5ClF2N2O3. The zero-order chi connectivity index (χ0) is 11.6. The lowest BCUT2D eigenvalue weighted by molar-refractivity contribution is -0.387. The van der Waals surface area contributed by atoms with Crippen LogP contribution in [0.15, 0.2) is 6.07 Å². The first-order valence-electron chi connectivity index (χ1n) is 3.64. The molecule has 0 aliphatic carbocycles. The molecule has 1 aromatic heterocycles. The van der Waals surface area contributed by atoms with Crippen LogP contribution in [0.2, 0.25) is 5.15 Å². The maximum atomic E-state index is 12.4. The van der Waals surface area contributed by atoms with Gasteiger partial charge in [0.05, 0.1) is 12.0 Å². The van der Waals surface area contributed by atoms with Gasteiger partial charge in [-0.15, -0.1) is 0 Å². The Balaban J connectivity index is 3.47. The van der Waals surface area contributed by atoms with E-state index in [9.17, 15) is 18.9 Å². The Morgan fingerprint density at radius 1 is 1.67 bits per heavy atom. The Labute approximate surface area is 87.8 Å². The molecule has 5 nitrogen and oxygen atoms in total. The van der Waals surface area contributed by atoms with Crippen LogP contribution in [0.4, 0.5) is 14.5 Å². The molecule has 0 aromatic carbocycles. The number of nitro groups is 1. The normalized spacial score (nSPS) is 10.5. The number of rotatable bonds is 3. The first-order valence-corrected chi connectivity index (χ1v) is 4.02. The van der Waals surface area contributed by atoms with Crippen molar-refractivity contribution < 1.29 is 18.4 Å². The van der Waals surface area contributed by atoms with Gasteiger partial charge in [0.2, 0.25) is 0 Å². The summed E-state index contributed by atoms with van der Waals surface area (Å²) in [4.78, 5) is 13.0. The van der Waals surface area contributed by atoms with E-state index in [1.54, 1.807) is 0 Å². The van der Waals surface area contributed by atoms with Gasteiger partial charge in [0.15, 0.2) is 0 Å². The van der Waals surface area contributed by atoms with Crippen LogP contribution in [-0.4, -0.2) is 17.0 Å². The lowest BCUT2D eigenvalue weighted by Gasteiger charge is -2.05. The number of methoxy groups -OCH3 is 1. The summed E-state index contributed by atoms with van der Waals surface area (Å²) < 4.78 is 29.4. The fourth-order valence-electron chi connectivity index (χ4n) is 0.995. The van der Waals surface area contributed by atoms with Crippen LogP contribution in [0.1, 0.15) is 12.0 Å². The number of alkyl halides is 2. The molecule has 0 saturated heterocycles. The number of aromatic nitrogens is 1. The second kappa shape index (κ2) is 4.35. The smallest absolute Gasteiger partial charge is 0.339 e. The molecule has 0 amide bonds. The maximum absolute atomic E-state index is 12.4. The molecule has 0 N–H and O–H groups in total. The summed E-state index contributed by atoms with van der Waals surface area (Å²) in [5, 5.41) is 10.2. The lowest BCUT2D eigenvalue weighted by atomic mass is 10.2. The van der Waals surface area contributed by atoms with E-state index >= 15 is 0 Å². The van der Waals surface area contributed by atoms with Crippen molar-refractivity contribution in [3.8, 4) is 5.88 Å². The van der Waals surface area contributed by atoms with Gasteiger partial charge in [0.25, 0.3) is 12.3 Å². The van der Waals surface area contributed by atoms with Crippen molar-refractivity contribution >= 4 is 17.3 Å². The molecule has 1 aromatic rings. The highest BCUT2D eigenvalue weighted by Crippen LogP contribution is 2.36. The number of hydrogen-bond donors (Lipinski definition) is 0. The second-order valence-electron chi connectivity index (χ2n) is 2.45. The van der Waals surface area contributed by atoms with Crippen molar-refractivity contribution in [1.29, 1.82) is 0 Å². The molecule has 82 valence electrons. The molecule has 0 aliphatic rings. The zero-order valence-electron chi connectivity index (χ0n) is 7.41. The molecule has 0 spiro atoms. The lowest BCUT2D eigenvalue weighted by Crippen LogP contribution is -2.01. The number of pyridine rings is 1. The minimum absolute atomic E-state index is 0.284. The highest BCUT2D eigenvalue weighted by Gasteiger charge is 2.28. The largest absolute Gasteiger partial charge is 0.476 e. The first-order chi connectivity index (χ1) is 6.97. The molecule has 0 unspecified atom stereocenters. The minimum Gasteiger partial charge on any atom is -0.476 e. The topological polar surface area (TPSA) is 65.3 Å². The average molecular weight is 239 g/mol. The van der Waals surface area contributed by atoms with Gasteiger partial charge in [0, 0.05) is 0 Å². The van der Waals surface area contributed by atoms with Gasteiger partial charge in [-0.25, -0.2) is 8.78 Å². The Kier molecular flexibility index (Phi) is 3.35. The van der Waals surface area contributed by atoms with E-state index in [1.807, 2.05) is 0 Å². The summed E-state index contributed by atoms with van der Waals surface area (Å²) in [6, 6.07) is 0.743. The predicted molar refractivity (Wildman–Crippen MR) is 47.4 cm³/mol. The van der Waals surface area contributed by atoms with Crippen molar-refractivity contribution in [3.63, 3.8) is 0 Å². The van der Waals surface area contributed by atoms with Gasteiger partial charge in [0.1, 0.15) is 10.7 Å². The van der Waals surface area contributed by atoms with Crippen LogP contribution >= 0.6 is 11.6 Å². The number of ether oxygens (including phenoxy) is 1. The second-order valence-corrected chi connectivity index (χ2v) is 2.84. The Hall–Kier alpha value is -1.50. The third-order valence-electron chi connectivity index (χ3n) is 1.57. The summed E-state index contributed by atoms with van der Waals surface area (Å²) in [5.41, 5.74) is -1.67. The third kappa shape index (κ3) is 2.30. The Morgan fingerprint density at radius 3 is 2.67 bits per heavy atom. The van der Waals surface area contributed by atoms with Gasteiger partial charge in [-0.05, 0) is 6.07 Å². The van der Waals surface area contributed by atoms with E-state index in [0.29, 0.717) is 0 Å². The van der Waals surface area contributed by atoms with Crippen molar-refractivity contribution in [2.45, 2.75) is 6.43 Å². The van der Waals surface area contributed by atoms with Gasteiger partial charge >= 0.3 is 5.69 Å². The molecule has 1 rings (SSSR count). The molecular weight excluding hydrogens is 234 g/mol. The molecule has 15 heavy (non-hydrogen) atoms. The standard InChI is InChI=1S/C7H5ClF2N2O3/c1-15-7-5(12(13)14)3(6(9)10)2-4(8)11-7/h2,6H,1H3. The summed E-state index contributed by atoms with van der Waals surface area (Å²) in [7, 11) is 1.08. The number of nitrogens with zero attached hydrogens (tertiary/aromatic N) is 2. The fraction of sp³-hybridized carbons (Fsp3) is 0.286. The van der Waals surface area contributed by atoms with Gasteiger partial charge < -0.3 is 4.74 Å². The Bertz CT molecular complexity index is 400. The highest BCUT2D eigenvalue weighted by atomic mass is 35.5. The summed E-state index contributed by atoms with van der Waals surface area (Å²) in [6.45, 7) is 0. The predicted octanol–water partition coefficient (Wildman–Crippen LogP) is 2.59. The van der Waals surface area contributed by atoms with E-state index in [1.165, 1.54) is 0 Å². The quantitative estimate of drug-likeness (QED) is 0.461. The highest BCUT2D eigenvalue weighted by molar-refractivity contribution is 6.29. The molecule has 0 saturated carbocycles. The van der Waals surface area contributed by atoms with Gasteiger partial charge in [-0.2, -0.15) is 4.98 Å². The molecule has 0 bridgehead atoms. The van der Waals surface area contributed by atoms with E-state index in [4.69, 9.17) is 11.6 Å². The van der Waals surface area contributed by atoms with Crippen molar-refractivity contribution in [3.05, 3.63) is 26.9 Å². The summed E-state index contributed by atoms with van der Waals surface area (Å²) in [5.74, 6) is -0.525. The molecule has 0 atom stereocenters. The molecule has 0 radical (unpaired) electrons. The fourth-order valence-corrected chi connectivity index (χ4v) is 1.19. The monoisotopic (exact) mass is 238 g/mol.